The molecule has 104 valence electrons. The Morgan fingerprint density at radius 2 is 1.74 bits per heavy atom. The number of likely N-dealkylation sites (tertiary alicyclic amines) is 2. The van der Waals surface area contributed by atoms with E-state index in [1.54, 1.807) is 0 Å². The fourth-order valence-corrected chi connectivity index (χ4v) is 3.58. The van der Waals surface area contributed by atoms with Crippen LogP contribution in [0.15, 0.2) is 30.3 Å². The molecule has 2 nitrogen and oxygen atoms in total. The normalized spacial score (nSPS) is 26.9. The minimum atomic E-state index is 0.858. The van der Waals surface area contributed by atoms with Crippen LogP contribution in [-0.4, -0.2) is 42.0 Å². The van der Waals surface area contributed by atoms with Crippen molar-refractivity contribution in [2.75, 3.05) is 26.2 Å². The van der Waals surface area contributed by atoms with E-state index in [2.05, 4.69) is 47.1 Å². The van der Waals surface area contributed by atoms with Crippen molar-refractivity contribution in [3.63, 3.8) is 0 Å². The molecule has 0 saturated carbocycles. The van der Waals surface area contributed by atoms with E-state index in [1.807, 2.05) is 0 Å². The highest BCUT2D eigenvalue weighted by Gasteiger charge is 2.28. The van der Waals surface area contributed by atoms with Crippen LogP contribution in [0.2, 0.25) is 0 Å². The molecule has 0 spiro atoms. The van der Waals surface area contributed by atoms with Gasteiger partial charge in [-0.15, -0.1) is 0 Å². The molecule has 0 N–H and O–H groups in total. The summed E-state index contributed by atoms with van der Waals surface area (Å²) in [5.41, 5.74) is 1.45. The van der Waals surface area contributed by atoms with E-state index >= 15 is 0 Å². The molecule has 1 aromatic rings. The highest BCUT2D eigenvalue weighted by molar-refractivity contribution is 5.14. The monoisotopic (exact) mass is 258 g/mol. The number of piperidine rings is 1. The zero-order chi connectivity index (χ0) is 13.1. The first kappa shape index (κ1) is 13.1. The van der Waals surface area contributed by atoms with Crippen molar-refractivity contribution in [3.05, 3.63) is 35.9 Å². The molecule has 1 unspecified atom stereocenters. The fraction of sp³-hybridized carbons (Fsp3) is 0.647. The van der Waals surface area contributed by atoms with Gasteiger partial charge in [0.1, 0.15) is 0 Å². The molecule has 2 aliphatic heterocycles. The standard InChI is InChI=1S/C17H26N2/c1-15-7-12-19(13-15)17-8-10-18(11-9-17)14-16-5-3-2-4-6-16/h2-6,15,17H,7-14H2,1H3. The van der Waals surface area contributed by atoms with Crippen molar-refractivity contribution >= 4 is 0 Å². The lowest BCUT2D eigenvalue weighted by molar-refractivity contribution is 0.120. The molecular formula is C17H26N2. The Labute approximate surface area is 117 Å². The SMILES string of the molecule is CC1CCN(C2CCN(Cc3ccccc3)CC2)C1. The molecule has 2 aliphatic rings. The predicted molar refractivity (Wildman–Crippen MR) is 80.1 cm³/mol. The van der Waals surface area contributed by atoms with E-state index in [4.69, 9.17) is 0 Å². The molecule has 2 heteroatoms. The second-order valence-corrected chi connectivity index (χ2v) is 6.38. The summed E-state index contributed by atoms with van der Waals surface area (Å²) in [6.07, 6.45) is 4.13. The van der Waals surface area contributed by atoms with E-state index in [0.29, 0.717) is 0 Å². The molecule has 0 amide bonds. The van der Waals surface area contributed by atoms with Crippen LogP contribution < -0.4 is 0 Å². The zero-order valence-electron chi connectivity index (χ0n) is 12.1. The summed E-state index contributed by atoms with van der Waals surface area (Å²) < 4.78 is 0. The van der Waals surface area contributed by atoms with E-state index in [0.717, 1.165) is 18.5 Å². The van der Waals surface area contributed by atoms with Crippen LogP contribution in [-0.2, 0) is 6.54 Å². The largest absolute Gasteiger partial charge is 0.300 e. The maximum atomic E-state index is 2.74. The van der Waals surface area contributed by atoms with Gasteiger partial charge < -0.3 is 4.90 Å². The summed E-state index contributed by atoms with van der Waals surface area (Å²) >= 11 is 0. The number of benzene rings is 1. The van der Waals surface area contributed by atoms with Gasteiger partial charge in [0.05, 0.1) is 0 Å². The van der Waals surface area contributed by atoms with Crippen molar-refractivity contribution in [3.8, 4) is 0 Å². The Morgan fingerprint density at radius 3 is 2.37 bits per heavy atom. The lowest BCUT2D eigenvalue weighted by Gasteiger charge is -2.36. The van der Waals surface area contributed by atoms with E-state index in [1.165, 1.54) is 51.0 Å². The lowest BCUT2D eigenvalue weighted by atomic mass is 10.0. The smallest absolute Gasteiger partial charge is 0.0233 e. The second kappa shape index (κ2) is 6.06. The fourth-order valence-electron chi connectivity index (χ4n) is 3.58. The number of hydrogen-bond donors (Lipinski definition) is 0. The van der Waals surface area contributed by atoms with E-state index in [9.17, 15) is 0 Å². The Kier molecular flexibility index (Phi) is 4.19. The van der Waals surface area contributed by atoms with Crippen LogP contribution >= 0.6 is 0 Å². The summed E-state index contributed by atoms with van der Waals surface area (Å²) in [5.74, 6) is 0.919. The summed E-state index contributed by atoms with van der Waals surface area (Å²) in [5, 5.41) is 0. The zero-order valence-corrected chi connectivity index (χ0v) is 12.1. The predicted octanol–water partition coefficient (Wildman–Crippen LogP) is 2.99. The van der Waals surface area contributed by atoms with Gasteiger partial charge in [-0.05, 0) is 50.4 Å². The molecule has 0 aromatic heterocycles. The molecule has 3 rings (SSSR count). The average Bonchev–Trinajstić information content (AvgIpc) is 2.87. The minimum absolute atomic E-state index is 0.858. The summed E-state index contributed by atoms with van der Waals surface area (Å²) in [6, 6.07) is 11.7. The van der Waals surface area contributed by atoms with Crippen LogP contribution in [0.25, 0.3) is 0 Å². The van der Waals surface area contributed by atoms with E-state index < -0.39 is 0 Å². The molecular weight excluding hydrogens is 232 g/mol. The van der Waals surface area contributed by atoms with Crippen molar-refractivity contribution in [1.82, 2.24) is 9.80 Å². The van der Waals surface area contributed by atoms with Gasteiger partial charge in [0.25, 0.3) is 0 Å². The molecule has 1 aromatic carbocycles. The molecule has 0 bridgehead atoms. The third-order valence-corrected chi connectivity index (χ3v) is 4.78. The van der Waals surface area contributed by atoms with Gasteiger partial charge in [-0.25, -0.2) is 0 Å². The molecule has 1 atom stereocenters. The maximum absolute atomic E-state index is 2.74. The molecule has 2 heterocycles. The van der Waals surface area contributed by atoms with Crippen LogP contribution in [0.4, 0.5) is 0 Å². The third kappa shape index (κ3) is 3.37. The molecule has 2 fully saturated rings. The van der Waals surface area contributed by atoms with Gasteiger partial charge in [0.2, 0.25) is 0 Å². The van der Waals surface area contributed by atoms with E-state index in [-0.39, 0.29) is 0 Å². The van der Waals surface area contributed by atoms with Gasteiger partial charge in [-0.3, -0.25) is 4.90 Å². The summed E-state index contributed by atoms with van der Waals surface area (Å²) in [4.78, 5) is 5.36. The molecule has 0 radical (unpaired) electrons. The first-order chi connectivity index (χ1) is 9.31. The number of nitrogens with zero attached hydrogens (tertiary/aromatic N) is 2. The first-order valence-corrected chi connectivity index (χ1v) is 7.81. The van der Waals surface area contributed by atoms with Crippen molar-refractivity contribution in [1.29, 1.82) is 0 Å². The maximum Gasteiger partial charge on any atom is 0.0233 e. The molecule has 0 aliphatic carbocycles. The number of rotatable bonds is 3. The van der Waals surface area contributed by atoms with Crippen molar-refractivity contribution in [2.45, 2.75) is 38.8 Å². The Balaban J connectivity index is 1.47. The highest BCUT2D eigenvalue weighted by atomic mass is 15.2. The van der Waals surface area contributed by atoms with Gasteiger partial charge >= 0.3 is 0 Å². The summed E-state index contributed by atoms with van der Waals surface area (Å²) in [6.45, 7) is 8.73. The summed E-state index contributed by atoms with van der Waals surface area (Å²) in [7, 11) is 0. The van der Waals surface area contributed by atoms with Crippen molar-refractivity contribution < 1.29 is 0 Å². The highest BCUT2D eigenvalue weighted by Crippen LogP contribution is 2.24. The Bertz CT molecular complexity index is 382. The van der Waals surface area contributed by atoms with Gasteiger partial charge in [0, 0.05) is 19.1 Å². The lowest BCUT2D eigenvalue weighted by Crippen LogP contribution is -2.43. The van der Waals surface area contributed by atoms with Crippen LogP contribution in [0, 0.1) is 5.92 Å². The Morgan fingerprint density at radius 1 is 1.00 bits per heavy atom. The first-order valence-electron chi connectivity index (χ1n) is 7.81. The topological polar surface area (TPSA) is 6.48 Å². The molecule has 19 heavy (non-hydrogen) atoms. The van der Waals surface area contributed by atoms with Crippen molar-refractivity contribution in [2.24, 2.45) is 5.92 Å². The third-order valence-electron chi connectivity index (χ3n) is 4.78. The van der Waals surface area contributed by atoms with Crippen LogP contribution in [0.1, 0.15) is 31.7 Å². The average molecular weight is 258 g/mol. The Hall–Kier alpha value is -0.860. The second-order valence-electron chi connectivity index (χ2n) is 6.38. The van der Waals surface area contributed by atoms with Gasteiger partial charge in [-0.1, -0.05) is 37.3 Å². The number of hydrogen-bond acceptors (Lipinski definition) is 2. The quantitative estimate of drug-likeness (QED) is 0.822. The van der Waals surface area contributed by atoms with Crippen LogP contribution in [0.3, 0.4) is 0 Å². The minimum Gasteiger partial charge on any atom is -0.300 e. The van der Waals surface area contributed by atoms with Gasteiger partial charge in [0.15, 0.2) is 0 Å². The van der Waals surface area contributed by atoms with Gasteiger partial charge in [-0.2, -0.15) is 0 Å². The molecule has 2 saturated heterocycles. The van der Waals surface area contributed by atoms with Crippen LogP contribution in [0.5, 0.6) is 0 Å².